The van der Waals surface area contributed by atoms with Crippen LogP contribution in [-0.4, -0.2) is 7.11 Å². The van der Waals surface area contributed by atoms with Crippen LogP contribution in [0.15, 0.2) is 54.6 Å². The van der Waals surface area contributed by atoms with Crippen molar-refractivity contribution in [2.45, 2.75) is 13.8 Å². The second kappa shape index (κ2) is 5.54. The molecule has 0 amide bonds. The van der Waals surface area contributed by atoms with Gasteiger partial charge in [0.2, 0.25) is 0 Å². The van der Waals surface area contributed by atoms with Gasteiger partial charge in [0.1, 0.15) is 5.75 Å². The number of ether oxygens (including phenoxy) is 1. The second-order valence-corrected chi connectivity index (χ2v) is 4.25. The minimum atomic E-state index is 0.889. The summed E-state index contributed by atoms with van der Waals surface area (Å²) in [5, 5.41) is 0. The Balaban J connectivity index is 2.50. The Bertz CT molecular complexity index is 567. The third kappa shape index (κ3) is 2.45. The van der Waals surface area contributed by atoms with Gasteiger partial charge in [-0.15, -0.1) is 0 Å². The molecule has 0 saturated carbocycles. The predicted octanol–water partition coefficient (Wildman–Crippen LogP) is 4.46. The summed E-state index contributed by atoms with van der Waals surface area (Å²) in [5.74, 6) is 0.889. The van der Waals surface area contributed by atoms with Crippen molar-refractivity contribution in [2.75, 3.05) is 7.11 Å². The molecule has 0 atom stereocenters. The van der Waals surface area contributed by atoms with Crippen molar-refractivity contribution in [3.63, 3.8) is 0 Å². The molecule has 0 saturated heterocycles. The number of allylic oxidation sites excluding steroid dienone is 1. The molecule has 2 rings (SSSR count). The first kappa shape index (κ1) is 12.4. The average Bonchev–Trinajstić information content (AvgIpc) is 2.42. The van der Waals surface area contributed by atoms with E-state index in [0.29, 0.717) is 0 Å². The molecule has 0 aliphatic carbocycles. The number of methoxy groups -OCH3 is 1. The standard InChI is InChI=1S/C17H18O/c1-4-16(17-11-6-5-8-13(17)2)14-9-7-10-15(12-14)18-3/h4-12H,1-3H3. The molecular formula is C17H18O. The highest BCUT2D eigenvalue weighted by molar-refractivity contribution is 5.81. The van der Waals surface area contributed by atoms with Gasteiger partial charge in [0.25, 0.3) is 0 Å². The normalized spacial score (nSPS) is 11.4. The first-order valence-corrected chi connectivity index (χ1v) is 6.13. The molecule has 18 heavy (non-hydrogen) atoms. The highest BCUT2D eigenvalue weighted by atomic mass is 16.5. The summed E-state index contributed by atoms with van der Waals surface area (Å²) < 4.78 is 5.29. The lowest BCUT2D eigenvalue weighted by Crippen LogP contribution is -1.92. The molecule has 2 aromatic carbocycles. The molecule has 0 N–H and O–H groups in total. The Kier molecular flexibility index (Phi) is 3.83. The Morgan fingerprint density at radius 1 is 1.06 bits per heavy atom. The van der Waals surface area contributed by atoms with Crippen LogP contribution in [0.2, 0.25) is 0 Å². The van der Waals surface area contributed by atoms with E-state index in [2.05, 4.69) is 56.3 Å². The van der Waals surface area contributed by atoms with Crippen LogP contribution in [0.3, 0.4) is 0 Å². The SMILES string of the molecule is CC=C(c1cccc(OC)c1)c1ccccc1C. The average molecular weight is 238 g/mol. The maximum atomic E-state index is 5.29. The number of benzene rings is 2. The van der Waals surface area contributed by atoms with Gasteiger partial charge in [-0.2, -0.15) is 0 Å². The molecule has 1 heteroatoms. The van der Waals surface area contributed by atoms with Crippen LogP contribution in [0, 0.1) is 6.92 Å². The minimum absolute atomic E-state index is 0.889. The van der Waals surface area contributed by atoms with E-state index in [-0.39, 0.29) is 0 Å². The Morgan fingerprint density at radius 2 is 1.83 bits per heavy atom. The summed E-state index contributed by atoms with van der Waals surface area (Å²) in [6, 6.07) is 16.6. The van der Waals surface area contributed by atoms with Gasteiger partial charge in [0.05, 0.1) is 7.11 Å². The molecule has 0 fully saturated rings. The topological polar surface area (TPSA) is 9.23 Å². The lowest BCUT2D eigenvalue weighted by molar-refractivity contribution is 0.414. The van der Waals surface area contributed by atoms with Crippen LogP contribution in [0.25, 0.3) is 5.57 Å². The Hall–Kier alpha value is -2.02. The quantitative estimate of drug-likeness (QED) is 0.767. The molecular weight excluding hydrogens is 220 g/mol. The molecule has 2 aromatic rings. The number of aryl methyl sites for hydroxylation is 1. The van der Waals surface area contributed by atoms with E-state index in [4.69, 9.17) is 4.74 Å². The fourth-order valence-electron chi connectivity index (χ4n) is 2.14. The zero-order valence-corrected chi connectivity index (χ0v) is 11.1. The van der Waals surface area contributed by atoms with Gasteiger partial charge in [0.15, 0.2) is 0 Å². The summed E-state index contributed by atoms with van der Waals surface area (Å²) in [6.07, 6.45) is 2.15. The molecule has 0 bridgehead atoms. The maximum Gasteiger partial charge on any atom is 0.119 e. The van der Waals surface area contributed by atoms with Gasteiger partial charge in [-0.3, -0.25) is 0 Å². The highest BCUT2D eigenvalue weighted by Crippen LogP contribution is 2.28. The Labute approximate surface area is 109 Å². The van der Waals surface area contributed by atoms with Gasteiger partial charge >= 0.3 is 0 Å². The molecule has 0 spiro atoms. The van der Waals surface area contributed by atoms with Crippen LogP contribution >= 0.6 is 0 Å². The molecule has 0 unspecified atom stereocenters. The van der Waals surface area contributed by atoms with Crippen molar-refractivity contribution < 1.29 is 4.74 Å². The Morgan fingerprint density at radius 3 is 2.50 bits per heavy atom. The maximum absolute atomic E-state index is 5.29. The number of hydrogen-bond acceptors (Lipinski definition) is 1. The molecule has 0 aliphatic rings. The molecule has 0 aliphatic heterocycles. The minimum Gasteiger partial charge on any atom is -0.497 e. The lowest BCUT2D eigenvalue weighted by Gasteiger charge is -2.11. The van der Waals surface area contributed by atoms with Crippen molar-refractivity contribution in [2.24, 2.45) is 0 Å². The van der Waals surface area contributed by atoms with Crippen molar-refractivity contribution >= 4 is 5.57 Å². The van der Waals surface area contributed by atoms with E-state index in [0.717, 1.165) is 5.75 Å². The van der Waals surface area contributed by atoms with E-state index in [9.17, 15) is 0 Å². The van der Waals surface area contributed by atoms with E-state index < -0.39 is 0 Å². The summed E-state index contributed by atoms with van der Waals surface area (Å²) in [4.78, 5) is 0. The zero-order valence-electron chi connectivity index (χ0n) is 11.1. The summed E-state index contributed by atoms with van der Waals surface area (Å²) in [5.41, 5.74) is 4.99. The van der Waals surface area contributed by atoms with E-state index in [1.165, 1.54) is 22.3 Å². The third-order valence-electron chi connectivity index (χ3n) is 3.10. The van der Waals surface area contributed by atoms with Crippen molar-refractivity contribution in [1.82, 2.24) is 0 Å². The second-order valence-electron chi connectivity index (χ2n) is 4.25. The lowest BCUT2D eigenvalue weighted by atomic mass is 9.94. The molecule has 0 radical (unpaired) electrons. The van der Waals surface area contributed by atoms with Gasteiger partial charge in [-0.25, -0.2) is 0 Å². The van der Waals surface area contributed by atoms with Gasteiger partial charge in [-0.1, -0.05) is 42.5 Å². The van der Waals surface area contributed by atoms with E-state index >= 15 is 0 Å². The smallest absolute Gasteiger partial charge is 0.119 e. The first-order chi connectivity index (χ1) is 8.76. The summed E-state index contributed by atoms with van der Waals surface area (Å²) in [6.45, 7) is 4.21. The summed E-state index contributed by atoms with van der Waals surface area (Å²) >= 11 is 0. The third-order valence-corrected chi connectivity index (χ3v) is 3.10. The van der Waals surface area contributed by atoms with E-state index in [1.54, 1.807) is 7.11 Å². The number of hydrogen-bond donors (Lipinski definition) is 0. The fourth-order valence-corrected chi connectivity index (χ4v) is 2.14. The molecule has 0 aromatic heterocycles. The van der Waals surface area contributed by atoms with Crippen LogP contribution in [0.5, 0.6) is 5.75 Å². The molecule has 92 valence electrons. The monoisotopic (exact) mass is 238 g/mol. The van der Waals surface area contributed by atoms with Crippen LogP contribution in [0.4, 0.5) is 0 Å². The predicted molar refractivity (Wildman–Crippen MR) is 76.9 cm³/mol. The first-order valence-electron chi connectivity index (χ1n) is 6.13. The molecule has 0 heterocycles. The largest absolute Gasteiger partial charge is 0.497 e. The van der Waals surface area contributed by atoms with Crippen LogP contribution in [-0.2, 0) is 0 Å². The van der Waals surface area contributed by atoms with Gasteiger partial charge < -0.3 is 4.74 Å². The zero-order chi connectivity index (χ0) is 13.0. The fraction of sp³-hybridized carbons (Fsp3) is 0.176. The van der Waals surface area contributed by atoms with Crippen LogP contribution < -0.4 is 4.74 Å². The molecule has 1 nitrogen and oxygen atoms in total. The number of rotatable bonds is 3. The van der Waals surface area contributed by atoms with Gasteiger partial charge in [0, 0.05) is 0 Å². The van der Waals surface area contributed by atoms with Crippen LogP contribution in [0.1, 0.15) is 23.6 Å². The van der Waals surface area contributed by atoms with Crippen molar-refractivity contribution in [3.05, 3.63) is 71.3 Å². The van der Waals surface area contributed by atoms with Crippen molar-refractivity contribution in [3.8, 4) is 5.75 Å². The van der Waals surface area contributed by atoms with E-state index in [1.807, 2.05) is 12.1 Å². The van der Waals surface area contributed by atoms with Crippen molar-refractivity contribution in [1.29, 1.82) is 0 Å². The van der Waals surface area contributed by atoms with Gasteiger partial charge in [-0.05, 0) is 48.2 Å². The highest BCUT2D eigenvalue weighted by Gasteiger charge is 2.07. The summed E-state index contributed by atoms with van der Waals surface area (Å²) in [7, 11) is 1.70.